The van der Waals surface area contributed by atoms with Crippen molar-refractivity contribution >= 4 is 11.6 Å². The molecule has 1 aliphatic heterocycles. The van der Waals surface area contributed by atoms with Gasteiger partial charge in [0, 0.05) is 23.4 Å². The summed E-state index contributed by atoms with van der Waals surface area (Å²) >= 11 is 5.92. The standard InChI is InChI=1S/C13H17ClO3/c1-9(15)12-8-10(14)2-3-13(12)17-11-4-6-16-7-5-11/h2-3,8-9,11,15H,4-7H2,1H3. The molecular weight excluding hydrogens is 240 g/mol. The Hall–Kier alpha value is -0.770. The average molecular weight is 257 g/mol. The van der Waals surface area contributed by atoms with Gasteiger partial charge in [-0.15, -0.1) is 0 Å². The van der Waals surface area contributed by atoms with E-state index < -0.39 is 6.10 Å². The Bertz CT molecular complexity index is 373. The largest absolute Gasteiger partial charge is 0.490 e. The van der Waals surface area contributed by atoms with E-state index in [1.165, 1.54) is 0 Å². The molecule has 0 aromatic heterocycles. The molecule has 1 aliphatic rings. The number of ether oxygens (including phenoxy) is 2. The predicted octanol–water partition coefficient (Wildman–Crippen LogP) is 2.95. The minimum Gasteiger partial charge on any atom is -0.490 e. The summed E-state index contributed by atoms with van der Waals surface area (Å²) in [6, 6.07) is 5.35. The number of aliphatic hydroxyl groups excluding tert-OH is 1. The van der Waals surface area contributed by atoms with Crippen LogP contribution in [0.2, 0.25) is 5.02 Å². The molecule has 17 heavy (non-hydrogen) atoms. The van der Waals surface area contributed by atoms with Gasteiger partial charge in [-0.1, -0.05) is 11.6 Å². The van der Waals surface area contributed by atoms with Gasteiger partial charge in [0.2, 0.25) is 0 Å². The lowest BCUT2D eigenvalue weighted by atomic mass is 10.1. The van der Waals surface area contributed by atoms with Crippen molar-refractivity contribution in [2.45, 2.75) is 32.0 Å². The fourth-order valence-corrected chi connectivity index (χ4v) is 2.11. The molecule has 1 fully saturated rings. The topological polar surface area (TPSA) is 38.7 Å². The number of halogens is 1. The molecular formula is C13H17ClO3. The average Bonchev–Trinajstić information content (AvgIpc) is 2.32. The summed E-state index contributed by atoms with van der Waals surface area (Å²) in [6.45, 7) is 3.19. The number of aliphatic hydroxyl groups is 1. The number of rotatable bonds is 3. The van der Waals surface area contributed by atoms with E-state index in [0.29, 0.717) is 5.02 Å². The van der Waals surface area contributed by atoms with Crippen molar-refractivity contribution < 1.29 is 14.6 Å². The molecule has 1 unspecified atom stereocenters. The first kappa shape index (κ1) is 12.7. The number of hydrogen-bond donors (Lipinski definition) is 1. The molecule has 2 rings (SSSR count). The van der Waals surface area contributed by atoms with Crippen LogP contribution in [0.25, 0.3) is 0 Å². The van der Waals surface area contributed by atoms with Crippen molar-refractivity contribution in [2.75, 3.05) is 13.2 Å². The molecule has 0 radical (unpaired) electrons. The fraction of sp³-hybridized carbons (Fsp3) is 0.538. The lowest BCUT2D eigenvalue weighted by Crippen LogP contribution is -2.26. The van der Waals surface area contributed by atoms with Crippen LogP contribution in [-0.2, 0) is 4.74 Å². The van der Waals surface area contributed by atoms with Crippen LogP contribution in [0.5, 0.6) is 5.75 Å². The zero-order chi connectivity index (χ0) is 12.3. The van der Waals surface area contributed by atoms with E-state index in [0.717, 1.165) is 37.4 Å². The Morgan fingerprint density at radius 3 is 2.76 bits per heavy atom. The quantitative estimate of drug-likeness (QED) is 0.904. The van der Waals surface area contributed by atoms with E-state index in [1.54, 1.807) is 19.1 Å². The molecule has 1 aromatic carbocycles. The fourth-order valence-electron chi connectivity index (χ4n) is 1.93. The molecule has 94 valence electrons. The van der Waals surface area contributed by atoms with Gasteiger partial charge in [-0.05, 0) is 25.1 Å². The molecule has 0 saturated carbocycles. The Balaban J connectivity index is 2.13. The Morgan fingerprint density at radius 1 is 1.41 bits per heavy atom. The molecule has 1 saturated heterocycles. The second-order valence-corrected chi connectivity index (χ2v) is 4.72. The van der Waals surface area contributed by atoms with Crippen LogP contribution in [-0.4, -0.2) is 24.4 Å². The SMILES string of the molecule is CC(O)c1cc(Cl)ccc1OC1CCOCC1. The predicted molar refractivity (Wildman–Crippen MR) is 66.6 cm³/mol. The van der Waals surface area contributed by atoms with Crippen molar-refractivity contribution in [1.82, 2.24) is 0 Å². The second kappa shape index (κ2) is 5.71. The van der Waals surface area contributed by atoms with Crippen LogP contribution < -0.4 is 4.74 Å². The highest BCUT2D eigenvalue weighted by atomic mass is 35.5. The van der Waals surface area contributed by atoms with Crippen molar-refractivity contribution in [3.63, 3.8) is 0 Å². The molecule has 3 nitrogen and oxygen atoms in total. The van der Waals surface area contributed by atoms with E-state index in [4.69, 9.17) is 21.1 Å². The van der Waals surface area contributed by atoms with Gasteiger partial charge in [0.15, 0.2) is 0 Å². The minimum absolute atomic E-state index is 0.169. The van der Waals surface area contributed by atoms with Gasteiger partial charge in [0.05, 0.1) is 19.3 Å². The highest BCUT2D eigenvalue weighted by Gasteiger charge is 2.18. The molecule has 1 N–H and O–H groups in total. The maximum atomic E-state index is 9.70. The van der Waals surface area contributed by atoms with Gasteiger partial charge in [-0.2, -0.15) is 0 Å². The van der Waals surface area contributed by atoms with Crippen molar-refractivity contribution in [3.8, 4) is 5.75 Å². The van der Waals surface area contributed by atoms with E-state index in [9.17, 15) is 5.11 Å². The van der Waals surface area contributed by atoms with Gasteiger partial charge in [-0.25, -0.2) is 0 Å². The van der Waals surface area contributed by atoms with Gasteiger partial charge in [0.25, 0.3) is 0 Å². The molecule has 1 aromatic rings. The van der Waals surface area contributed by atoms with Crippen molar-refractivity contribution in [1.29, 1.82) is 0 Å². The first-order valence-electron chi connectivity index (χ1n) is 5.88. The van der Waals surface area contributed by atoms with E-state index in [1.807, 2.05) is 6.07 Å². The third-order valence-corrected chi connectivity index (χ3v) is 3.12. The summed E-state index contributed by atoms with van der Waals surface area (Å²) in [5.41, 5.74) is 0.740. The zero-order valence-electron chi connectivity index (χ0n) is 9.86. The lowest BCUT2D eigenvalue weighted by Gasteiger charge is -2.25. The van der Waals surface area contributed by atoms with Crippen LogP contribution >= 0.6 is 11.6 Å². The van der Waals surface area contributed by atoms with Crippen LogP contribution in [0, 0.1) is 0 Å². The maximum absolute atomic E-state index is 9.70. The summed E-state index contributed by atoms with van der Waals surface area (Å²) in [5, 5.41) is 10.3. The molecule has 0 aliphatic carbocycles. The van der Waals surface area contributed by atoms with Gasteiger partial charge in [-0.3, -0.25) is 0 Å². The molecule has 0 bridgehead atoms. The van der Waals surface area contributed by atoms with Crippen LogP contribution in [0.4, 0.5) is 0 Å². The Morgan fingerprint density at radius 2 is 2.12 bits per heavy atom. The molecule has 1 heterocycles. The maximum Gasteiger partial charge on any atom is 0.125 e. The summed E-state index contributed by atoms with van der Waals surface area (Å²) in [4.78, 5) is 0. The smallest absolute Gasteiger partial charge is 0.125 e. The molecule has 0 spiro atoms. The second-order valence-electron chi connectivity index (χ2n) is 4.29. The number of benzene rings is 1. The van der Waals surface area contributed by atoms with Gasteiger partial charge >= 0.3 is 0 Å². The third kappa shape index (κ3) is 3.35. The van der Waals surface area contributed by atoms with Crippen LogP contribution in [0.3, 0.4) is 0 Å². The Kier molecular flexibility index (Phi) is 4.26. The summed E-state index contributed by atoms with van der Waals surface area (Å²) in [6.07, 6.45) is 1.37. The first-order chi connectivity index (χ1) is 8.16. The zero-order valence-corrected chi connectivity index (χ0v) is 10.6. The van der Waals surface area contributed by atoms with Gasteiger partial charge < -0.3 is 14.6 Å². The van der Waals surface area contributed by atoms with E-state index in [-0.39, 0.29) is 6.10 Å². The first-order valence-corrected chi connectivity index (χ1v) is 6.26. The third-order valence-electron chi connectivity index (χ3n) is 2.88. The van der Waals surface area contributed by atoms with Gasteiger partial charge in [0.1, 0.15) is 11.9 Å². The van der Waals surface area contributed by atoms with E-state index >= 15 is 0 Å². The van der Waals surface area contributed by atoms with Crippen molar-refractivity contribution in [2.24, 2.45) is 0 Å². The summed E-state index contributed by atoms with van der Waals surface area (Å²) < 4.78 is 11.2. The summed E-state index contributed by atoms with van der Waals surface area (Å²) in [7, 11) is 0. The number of hydrogen-bond acceptors (Lipinski definition) is 3. The Labute approximate surface area is 106 Å². The highest BCUT2D eigenvalue weighted by Crippen LogP contribution is 2.30. The summed E-state index contributed by atoms with van der Waals surface area (Å²) in [5.74, 6) is 0.719. The monoisotopic (exact) mass is 256 g/mol. The van der Waals surface area contributed by atoms with Crippen LogP contribution in [0.1, 0.15) is 31.4 Å². The minimum atomic E-state index is -0.580. The normalized spacial score (nSPS) is 19.0. The highest BCUT2D eigenvalue weighted by molar-refractivity contribution is 6.30. The van der Waals surface area contributed by atoms with E-state index in [2.05, 4.69) is 0 Å². The van der Waals surface area contributed by atoms with Crippen molar-refractivity contribution in [3.05, 3.63) is 28.8 Å². The molecule has 1 atom stereocenters. The lowest BCUT2D eigenvalue weighted by molar-refractivity contribution is 0.0242. The molecule has 4 heteroatoms. The molecule has 0 amide bonds. The van der Waals surface area contributed by atoms with Crippen LogP contribution in [0.15, 0.2) is 18.2 Å².